The second-order valence-corrected chi connectivity index (χ2v) is 5.04. The molecule has 0 unspecified atom stereocenters. The lowest BCUT2D eigenvalue weighted by Crippen LogP contribution is -2.17. The van der Waals surface area contributed by atoms with Crippen LogP contribution in [0.15, 0.2) is 6.20 Å². The van der Waals surface area contributed by atoms with Crippen molar-refractivity contribution in [1.29, 1.82) is 0 Å². The van der Waals surface area contributed by atoms with Crippen LogP contribution in [0.4, 0.5) is 5.82 Å². The maximum absolute atomic E-state index is 11.9. The zero-order valence-electron chi connectivity index (χ0n) is 10.5. The molecule has 2 rings (SSSR count). The van der Waals surface area contributed by atoms with Crippen molar-refractivity contribution < 1.29 is 4.79 Å². The first-order valence-electron chi connectivity index (χ1n) is 6.55. The van der Waals surface area contributed by atoms with E-state index in [0.29, 0.717) is 12.3 Å². The van der Waals surface area contributed by atoms with Crippen LogP contribution >= 0.6 is 0 Å². The summed E-state index contributed by atoms with van der Waals surface area (Å²) in [7, 11) is 0. The van der Waals surface area contributed by atoms with Gasteiger partial charge in [-0.15, -0.1) is 0 Å². The standard InChI is InChI=1S/C13H21N3O/c1-10-9-14-16-13(10)15-12(17)8-11-6-4-2-3-5-7-11/h9,11H,2-8H2,1H3,(H2,14,15,16,17). The zero-order chi connectivity index (χ0) is 12.1. The average Bonchev–Trinajstić information content (AvgIpc) is 2.55. The lowest BCUT2D eigenvalue weighted by Gasteiger charge is -2.13. The topological polar surface area (TPSA) is 57.8 Å². The fourth-order valence-corrected chi connectivity index (χ4v) is 2.49. The molecule has 1 heterocycles. The molecule has 0 saturated heterocycles. The second kappa shape index (κ2) is 5.84. The van der Waals surface area contributed by atoms with Gasteiger partial charge in [0.1, 0.15) is 5.82 Å². The number of nitrogens with zero attached hydrogens (tertiary/aromatic N) is 1. The third-order valence-corrected chi connectivity index (χ3v) is 3.54. The Balaban J connectivity index is 1.82. The van der Waals surface area contributed by atoms with Gasteiger partial charge in [-0.25, -0.2) is 0 Å². The monoisotopic (exact) mass is 235 g/mol. The fraction of sp³-hybridized carbons (Fsp3) is 0.692. The van der Waals surface area contributed by atoms with Gasteiger partial charge in [-0.2, -0.15) is 5.10 Å². The molecule has 1 aromatic rings. The van der Waals surface area contributed by atoms with Crippen LogP contribution in [0.3, 0.4) is 0 Å². The minimum atomic E-state index is 0.115. The van der Waals surface area contributed by atoms with Gasteiger partial charge >= 0.3 is 0 Å². The molecule has 0 spiro atoms. The predicted octanol–water partition coefficient (Wildman–Crippen LogP) is 3.02. The number of carbonyl (C=O) groups is 1. The number of rotatable bonds is 3. The van der Waals surface area contributed by atoms with E-state index in [1.807, 2.05) is 6.92 Å². The number of nitrogens with one attached hydrogen (secondary N) is 2. The lowest BCUT2D eigenvalue weighted by molar-refractivity contribution is -0.117. The number of aryl methyl sites for hydroxylation is 1. The summed E-state index contributed by atoms with van der Waals surface area (Å²) in [6, 6.07) is 0. The maximum atomic E-state index is 11.9. The highest BCUT2D eigenvalue weighted by molar-refractivity contribution is 5.90. The number of hydrogen-bond donors (Lipinski definition) is 2. The van der Waals surface area contributed by atoms with E-state index in [9.17, 15) is 4.79 Å². The number of aromatic nitrogens is 2. The minimum absolute atomic E-state index is 0.115. The van der Waals surface area contributed by atoms with Crippen molar-refractivity contribution in [3.8, 4) is 0 Å². The maximum Gasteiger partial charge on any atom is 0.225 e. The van der Waals surface area contributed by atoms with Gasteiger partial charge in [0.25, 0.3) is 0 Å². The van der Waals surface area contributed by atoms with E-state index in [0.717, 1.165) is 11.4 Å². The highest BCUT2D eigenvalue weighted by Crippen LogP contribution is 2.25. The van der Waals surface area contributed by atoms with Crippen LogP contribution in [0.1, 0.15) is 50.5 Å². The number of hydrogen-bond acceptors (Lipinski definition) is 2. The smallest absolute Gasteiger partial charge is 0.225 e. The van der Waals surface area contributed by atoms with Crippen molar-refractivity contribution >= 4 is 11.7 Å². The van der Waals surface area contributed by atoms with Gasteiger partial charge in [-0.05, 0) is 25.7 Å². The summed E-state index contributed by atoms with van der Waals surface area (Å²) in [4.78, 5) is 11.9. The van der Waals surface area contributed by atoms with Crippen LogP contribution in [0.2, 0.25) is 0 Å². The Labute approximate surface area is 102 Å². The largest absolute Gasteiger partial charge is 0.311 e. The summed E-state index contributed by atoms with van der Waals surface area (Å²) in [6.07, 6.45) is 10.0. The van der Waals surface area contributed by atoms with Crippen molar-refractivity contribution in [2.45, 2.75) is 51.9 Å². The predicted molar refractivity (Wildman–Crippen MR) is 67.8 cm³/mol. The first-order valence-corrected chi connectivity index (χ1v) is 6.55. The third kappa shape index (κ3) is 3.58. The molecule has 1 fully saturated rings. The Hall–Kier alpha value is -1.32. The van der Waals surface area contributed by atoms with Crippen LogP contribution in [-0.4, -0.2) is 16.1 Å². The van der Waals surface area contributed by atoms with Crippen molar-refractivity contribution in [3.63, 3.8) is 0 Å². The van der Waals surface area contributed by atoms with Gasteiger partial charge in [0.15, 0.2) is 0 Å². The summed E-state index contributed by atoms with van der Waals surface area (Å²) in [5.41, 5.74) is 0.985. The molecule has 4 heteroatoms. The highest BCUT2D eigenvalue weighted by atomic mass is 16.1. The molecule has 1 amide bonds. The molecule has 4 nitrogen and oxygen atoms in total. The lowest BCUT2D eigenvalue weighted by atomic mass is 9.96. The number of amides is 1. The summed E-state index contributed by atoms with van der Waals surface area (Å²) >= 11 is 0. The van der Waals surface area contributed by atoms with Crippen LogP contribution < -0.4 is 5.32 Å². The van der Waals surface area contributed by atoms with Crippen molar-refractivity contribution in [1.82, 2.24) is 10.2 Å². The molecule has 0 radical (unpaired) electrons. The van der Waals surface area contributed by atoms with Crippen LogP contribution in [-0.2, 0) is 4.79 Å². The van der Waals surface area contributed by atoms with E-state index in [4.69, 9.17) is 0 Å². The Bertz CT molecular complexity index is 364. The first kappa shape index (κ1) is 12.1. The van der Waals surface area contributed by atoms with Gasteiger partial charge in [0, 0.05) is 12.0 Å². The summed E-state index contributed by atoms with van der Waals surface area (Å²) in [6.45, 7) is 1.94. The molecule has 94 valence electrons. The summed E-state index contributed by atoms with van der Waals surface area (Å²) in [5.74, 6) is 1.42. The molecule has 1 aliphatic carbocycles. The Morgan fingerprint density at radius 1 is 1.41 bits per heavy atom. The molecule has 0 aromatic carbocycles. The van der Waals surface area contributed by atoms with E-state index in [1.165, 1.54) is 38.5 Å². The van der Waals surface area contributed by atoms with E-state index < -0.39 is 0 Å². The van der Waals surface area contributed by atoms with E-state index >= 15 is 0 Å². The van der Waals surface area contributed by atoms with Crippen molar-refractivity contribution in [3.05, 3.63) is 11.8 Å². The second-order valence-electron chi connectivity index (χ2n) is 5.04. The molecule has 17 heavy (non-hydrogen) atoms. The molecule has 0 bridgehead atoms. The SMILES string of the molecule is Cc1cn[nH]c1NC(=O)CC1CCCCCC1. The van der Waals surface area contributed by atoms with E-state index in [-0.39, 0.29) is 5.91 Å². The number of aromatic amines is 1. The normalized spacial score (nSPS) is 17.7. The molecule has 1 aromatic heterocycles. The molecule has 1 aliphatic rings. The quantitative estimate of drug-likeness (QED) is 0.791. The van der Waals surface area contributed by atoms with E-state index in [2.05, 4.69) is 15.5 Å². The molecular weight excluding hydrogens is 214 g/mol. The fourth-order valence-electron chi connectivity index (χ4n) is 2.49. The minimum Gasteiger partial charge on any atom is -0.311 e. The Kier molecular flexibility index (Phi) is 4.18. The van der Waals surface area contributed by atoms with Crippen molar-refractivity contribution in [2.75, 3.05) is 5.32 Å². The zero-order valence-corrected chi connectivity index (χ0v) is 10.5. The molecule has 0 aliphatic heterocycles. The molecule has 0 atom stereocenters. The number of anilines is 1. The Morgan fingerprint density at radius 3 is 2.71 bits per heavy atom. The van der Waals surface area contributed by atoms with Gasteiger partial charge in [-0.3, -0.25) is 9.89 Å². The molecule has 2 N–H and O–H groups in total. The summed E-state index contributed by atoms with van der Waals surface area (Å²) in [5, 5.41) is 9.60. The van der Waals surface area contributed by atoms with Gasteiger partial charge in [0.05, 0.1) is 6.20 Å². The first-order chi connectivity index (χ1) is 8.25. The van der Waals surface area contributed by atoms with Crippen LogP contribution in [0.5, 0.6) is 0 Å². The van der Waals surface area contributed by atoms with Crippen LogP contribution in [0, 0.1) is 12.8 Å². The van der Waals surface area contributed by atoms with Gasteiger partial charge < -0.3 is 5.32 Å². The van der Waals surface area contributed by atoms with Gasteiger partial charge in [0.2, 0.25) is 5.91 Å². The summed E-state index contributed by atoms with van der Waals surface area (Å²) < 4.78 is 0. The van der Waals surface area contributed by atoms with Crippen molar-refractivity contribution in [2.24, 2.45) is 5.92 Å². The van der Waals surface area contributed by atoms with E-state index in [1.54, 1.807) is 6.20 Å². The number of carbonyl (C=O) groups excluding carboxylic acids is 1. The Morgan fingerprint density at radius 2 is 2.12 bits per heavy atom. The van der Waals surface area contributed by atoms with Gasteiger partial charge in [-0.1, -0.05) is 25.7 Å². The molecular formula is C13H21N3O. The van der Waals surface area contributed by atoms with Crippen LogP contribution in [0.25, 0.3) is 0 Å². The highest BCUT2D eigenvalue weighted by Gasteiger charge is 2.16. The average molecular weight is 235 g/mol. The molecule has 1 saturated carbocycles. The third-order valence-electron chi connectivity index (χ3n) is 3.54. The number of H-pyrrole nitrogens is 1.